The summed E-state index contributed by atoms with van der Waals surface area (Å²) in [6, 6.07) is 6.47. The van der Waals surface area contributed by atoms with Gasteiger partial charge in [0.1, 0.15) is 5.75 Å². The van der Waals surface area contributed by atoms with Crippen LogP contribution in [0.25, 0.3) is 0 Å². The first kappa shape index (κ1) is 11.6. The second-order valence-electron chi connectivity index (χ2n) is 4.01. The molecule has 17 heavy (non-hydrogen) atoms. The van der Waals surface area contributed by atoms with Crippen LogP contribution in [0.5, 0.6) is 5.75 Å². The number of ether oxygens (including phenoxy) is 1. The van der Waals surface area contributed by atoms with Gasteiger partial charge in [-0.15, -0.1) is 0 Å². The van der Waals surface area contributed by atoms with Gasteiger partial charge in [-0.25, -0.2) is 0 Å². The summed E-state index contributed by atoms with van der Waals surface area (Å²) in [6.07, 6.45) is 0.232. The van der Waals surface area contributed by atoms with Crippen LogP contribution in [0, 0.1) is 0 Å². The van der Waals surface area contributed by atoms with Crippen molar-refractivity contribution in [2.24, 2.45) is 5.73 Å². The van der Waals surface area contributed by atoms with Gasteiger partial charge in [-0.05, 0) is 18.2 Å². The number of nitrogens with zero attached hydrogens (tertiary/aromatic N) is 1. The molecule has 0 saturated carbocycles. The number of hydrogen-bond donors (Lipinski definition) is 1. The zero-order valence-electron chi connectivity index (χ0n) is 9.55. The lowest BCUT2D eigenvalue weighted by atomic mass is 10.2. The third-order valence-corrected chi connectivity index (χ3v) is 2.72. The van der Waals surface area contributed by atoms with Crippen LogP contribution in [0.4, 0.5) is 0 Å². The van der Waals surface area contributed by atoms with Gasteiger partial charge in [0.25, 0.3) is 5.91 Å². The Balaban J connectivity index is 2.22. The molecule has 1 fully saturated rings. The fourth-order valence-corrected chi connectivity index (χ4v) is 1.84. The molecule has 1 aromatic carbocycles. The summed E-state index contributed by atoms with van der Waals surface area (Å²) < 4.78 is 5.04. The number of amides is 2. The van der Waals surface area contributed by atoms with Crippen molar-refractivity contribution in [3.05, 3.63) is 29.8 Å². The summed E-state index contributed by atoms with van der Waals surface area (Å²) in [4.78, 5) is 24.8. The van der Waals surface area contributed by atoms with Gasteiger partial charge in [0.2, 0.25) is 5.91 Å². The predicted octanol–water partition coefficient (Wildman–Crippen LogP) is 0.395. The number of methoxy groups -OCH3 is 1. The summed E-state index contributed by atoms with van der Waals surface area (Å²) >= 11 is 0. The molecule has 0 bridgehead atoms. The standard InChI is InChI=1S/C12H14N2O3/c1-17-10-4-2-3-8(5-10)12(16)14-7-9(13)6-11(14)15/h2-5,9H,6-7,13H2,1H3. The second kappa shape index (κ2) is 4.55. The first-order valence-corrected chi connectivity index (χ1v) is 5.36. The molecule has 2 amide bonds. The van der Waals surface area contributed by atoms with Crippen LogP contribution >= 0.6 is 0 Å². The van der Waals surface area contributed by atoms with Gasteiger partial charge < -0.3 is 10.5 Å². The van der Waals surface area contributed by atoms with Gasteiger partial charge in [-0.2, -0.15) is 0 Å². The van der Waals surface area contributed by atoms with E-state index in [4.69, 9.17) is 10.5 Å². The normalized spacial score (nSPS) is 19.5. The molecule has 1 aliphatic rings. The molecular formula is C12H14N2O3. The van der Waals surface area contributed by atoms with E-state index in [0.717, 1.165) is 0 Å². The van der Waals surface area contributed by atoms with Crippen LogP contribution in [0.15, 0.2) is 24.3 Å². The number of nitrogens with two attached hydrogens (primary N) is 1. The Morgan fingerprint density at radius 1 is 1.53 bits per heavy atom. The van der Waals surface area contributed by atoms with E-state index in [1.165, 1.54) is 12.0 Å². The van der Waals surface area contributed by atoms with Crippen molar-refractivity contribution >= 4 is 11.8 Å². The number of likely N-dealkylation sites (tertiary alicyclic amines) is 1. The highest BCUT2D eigenvalue weighted by atomic mass is 16.5. The van der Waals surface area contributed by atoms with Crippen molar-refractivity contribution in [1.29, 1.82) is 0 Å². The van der Waals surface area contributed by atoms with E-state index in [2.05, 4.69) is 0 Å². The zero-order valence-corrected chi connectivity index (χ0v) is 9.55. The number of carbonyl (C=O) groups excluding carboxylic acids is 2. The third-order valence-electron chi connectivity index (χ3n) is 2.72. The van der Waals surface area contributed by atoms with Crippen LogP contribution in [0.2, 0.25) is 0 Å². The molecule has 0 aromatic heterocycles. The Morgan fingerprint density at radius 3 is 2.88 bits per heavy atom. The molecule has 1 heterocycles. The van der Waals surface area contributed by atoms with Crippen LogP contribution in [-0.4, -0.2) is 36.4 Å². The smallest absolute Gasteiger partial charge is 0.260 e. The highest BCUT2D eigenvalue weighted by Crippen LogP contribution is 2.17. The van der Waals surface area contributed by atoms with E-state index in [0.29, 0.717) is 11.3 Å². The van der Waals surface area contributed by atoms with E-state index in [9.17, 15) is 9.59 Å². The Morgan fingerprint density at radius 2 is 2.29 bits per heavy atom. The Kier molecular flexibility index (Phi) is 3.10. The molecule has 1 unspecified atom stereocenters. The first-order valence-electron chi connectivity index (χ1n) is 5.36. The average molecular weight is 234 g/mol. The highest BCUT2D eigenvalue weighted by Gasteiger charge is 2.32. The third kappa shape index (κ3) is 2.29. The molecule has 90 valence electrons. The summed E-state index contributed by atoms with van der Waals surface area (Å²) in [5.74, 6) is 0.0546. The second-order valence-corrected chi connectivity index (χ2v) is 4.01. The van der Waals surface area contributed by atoms with E-state index in [-0.39, 0.29) is 30.8 Å². The summed E-state index contributed by atoms with van der Waals surface area (Å²) in [5, 5.41) is 0. The molecule has 1 atom stereocenters. The maximum atomic E-state index is 12.1. The van der Waals surface area contributed by atoms with Gasteiger partial charge in [0.15, 0.2) is 0 Å². The maximum Gasteiger partial charge on any atom is 0.260 e. The van der Waals surface area contributed by atoms with Gasteiger partial charge in [-0.3, -0.25) is 14.5 Å². The minimum absolute atomic E-state index is 0.217. The van der Waals surface area contributed by atoms with Crippen molar-refractivity contribution in [3.63, 3.8) is 0 Å². The van der Waals surface area contributed by atoms with Crippen molar-refractivity contribution in [1.82, 2.24) is 4.90 Å². The molecule has 0 aliphatic carbocycles. The summed E-state index contributed by atoms with van der Waals surface area (Å²) in [7, 11) is 1.53. The predicted molar refractivity (Wildman–Crippen MR) is 61.6 cm³/mol. The molecule has 2 N–H and O–H groups in total. The number of carbonyl (C=O) groups is 2. The largest absolute Gasteiger partial charge is 0.497 e. The van der Waals surface area contributed by atoms with Crippen molar-refractivity contribution in [2.45, 2.75) is 12.5 Å². The van der Waals surface area contributed by atoms with Crippen LogP contribution in [-0.2, 0) is 4.79 Å². The average Bonchev–Trinajstić information content (AvgIpc) is 2.67. The number of benzene rings is 1. The topological polar surface area (TPSA) is 72.6 Å². The molecule has 1 aromatic rings. The zero-order chi connectivity index (χ0) is 12.4. The van der Waals surface area contributed by atoms with Crippen LogP contribution < -0.4 is 10.5 Å². The summed E-state index contributed by atoms with van der Waals surface area (Å²) in [6.45, 7) is 0.287. The molecular weight excluding hydrogens is 220 g/mol. The maximum absolute atomic E-state index is 12.1. The molecule has 1 saturated heterocycles. The Labute approximate surface area is 99.2 Å². The van der Waals surface area contributed by atoms with E-state index >= 15 is 0 Å². The molecule has 1 aliphatic heterocycles. The van der Waals surface area contributed by atoms with E-state index in [1.807, 2.05) is 0 Å². The number of hydrogen-bond acceptors (Lipinski definition) is 4. The van der Waals surface area contributed by atoms with Gasteiger partial charge in [0.05, 0.1) is 7.11 Å². The van der Waals surface area contributed by atoms with Crippen molar-refractivity contribution in [2.75, 3.05) is 13.7 Å². The van der Waals surface area contributed by atoms with E-state index in [1.54, 1.807) is 24.3 Å². The van der Waals surface area contributed by atoms with Crippen LogP contribution in [0.1, 0.15) is 16.8 Å². The van der Waals surface area contributed by atoms with Gasteiger partial charge in [0, 0.05) is 24.6 Å². The minimum Gasteiger partial charge on any atom is -0.497 e. The number of rotatable bonds is 2. The fraction of sp³-hybridized carbons (Fsp3) is 0.333. The lowest BCUT2D eigenvalue weighted by Gasteiger charge is -2.14. The SMILES string of the molecule is COc1cccc(C(=O)N2CC(N)CC2=O)c1. The first-order chi connectivity index (χ1) is 8.11. The minimum atomic E-state index is -0.318. The monoisotopic (exact) mass is 234 g/mol. The van der Waals surface area contributed by atoms with Gasteiger partial charge >= 0.3 is 0 Å². The molecule has 0 radical (unpaired) electrons. The quantitative estimate of drug-likeness (QED) is 0.751. The fourth-order valence-electron chi connectivity index (χ4n) is 1.84. The van der Waals surface area contributed by atoms with Crippen LogP contribution in [0.3, 0.4) is 0 Å². The highest BCUT2D eigenvalue weighted by molar-refractivity contribution is 6.06. The molecule has 5 nitrogen and oxygen atoms in total. The molecule has 5 heteroatoms. The Hall–Kier alpha value is -1.88. The molecule has 0 spiro atoms. The lowest BCUT2D eigenvalue weighted by Crippen LogP contribution is -2.34. The van der Waals surface area contributed by atoms with E-state index < -0.39 is 0 Å². The Bertz CT molecular complexity index is 459. The lowest BCUT2D eigenvalue weighted by molar-refractivity contribution is -0.125. The summed E-state index contributed by atoms with van der Waals surface area (Å²) in [5.41, 5.74) is 6.08. The van der Waals surface area contributed by atoms with Crippen molar-refractivity contribution in [3.8, 4) is 5.75 Å². The molecule has 2 rings (SSSR count). The van der Waals surface area contributed by atoms with Crippen molar-refractivity contribution < 1.29 is 14.3 Å². The van der Waals surface area contributed by atoms with Gasteiger partial charge in [-0.1, -0.05) is 6.07 Å². The number of imide groups is 1.